The fourth-order valence-corrected chi connectivity index (χ4v) is 3.61. The molecule has 3 N–H and O–H groups in total. The molecule has 0 radical (unpaired) electrons. The molecule has 8 nitrogen and oxygen atoms in total. The summed E-state index contributed by atoms with van der Waals surface area (Å²) in [5, 5.41) is 13.4. The molecular weight excluding hydrogens is 292 g/mol. The Hall–Kier alpha value is -2.26. The van der Waals surface area contributed by atoms with Crippen molar-refractivity contribution in [2.24, 2.45) is 5.84 Å². The molecule has 0 amide bonds. The molecular formula is C12H14N6O2S. The number of nitrogen functional groups attached to an aromatic ring is 1. The highest BCUT2D eigenvalue weighted by Crippen LogP contribution is 2.40. The molecule has 2 aromatic rings. The predicted octanol–water partition coefficient (Wildman–Crippen LogP) is 1.86. The van der Waals surface area contributed by atoms with Gasteiger partial charge in [0.05, 0.1) is 11.0 Å². The van der Waals surface area contributed by atoms with E-state index in [9.17, 15) is 10.1 Å². The minimum atomic E-state index is -0.500. The van der Waals surface area contributed by atoms with Gasteiger partial charge in [0.2, 0.25) is 11.6 Å². The van der Waals surface area contributed by atoms with Crippen molar-refractivity contribution in [1.82, 2.24) is 9.97 Å². The topological polar surface area (TPSA) is 110 Å². The second-order valence-electron chi connectivity index (χ2n) is 4.71. The van der Waals surface area contributed by atoms with Gasteiger partial charge in [0.15, 0.2) is 0 Å². The molecule has 3 rings (SSSR count). The predicted molar refractivity (Wildman–Crippen MR) is 80.3 cm³/mol. The number of thiophene rings is 1. The van der Waals surface area contributed by atoms with E-state index >= 15 is 0 Å². The van der Waals surface area contributed by atoms with E-state index in [1.165, 1.54) is 16.8 Å². The maximum atomic E-state index is 11.4. The van der Waals surface area contributed by atoms with Crippen LogP contribution in [0.25, 0.3) is 0 Å². The zero-order valence-electron chi connectivity index (χ0n) is 11.3. The van der Waals surface area contributed by atoms with Crippen LogP contribution < -0.4 is 16.2 Å². The van der Waals surface area contributed by atoms with Gasteiger partial charge >= 0.3 is 5.69 Å². The molecule has 9 heteroatoms. The van der Waals surface area contributed by atoms with Crippen molar-refractivity contribution >= 4 is 28.7 Å². The molecule has 0 aliphatic carbocycles. The lowest BCUT2D eigenvalue weighted by Gasteiger charge is -2.34. The van der Waals surface area contributed by atoms with Crippen LogP contribution in [0, 0.1) is 10.1 Å². The van der Waals surface area contributed by atoms with Crippen LogP contribution >= 0.6 is 11.3 Å². The normalized spacial score (nSPS) is 17.4. The van der Waals surface area contributed by atoms with E-state index in [4.69, 9.17) is 5.84 Å². The lowest BCUT2D eigenvalue weighted by Crippen LogP contribution is -2.34. The summed E-state index contributed by atoms with van der Waals surface area (Å²) in [6.45, 7) is 2.70. The minimum absolute atomic E-state index is 0.0216. The average Bonchev–Trinajstić information content (AvgIpc) is 2.96. The van der Waals surface area contributed by atoms with Crippen LogP contribution in [0.1, 0.15) is 23.4 Å². The lowest BCUT2D eigenvalue weighted by molar-refractivity contribution is -0.383. The fraction of sp³-hybridized carbons (Fsp3) is 0.333. The third-order valence-electron chi connectivity index (χ3n) is 3.67. The van der Waals surface area contributed by atoms with Gasteiger partial charge in [-0.2, -0.15) is 0 Å². The Kier molecular flexibility index (Phi) is 3.43. The number of nitrogens with one attached hydrogen (secondary N) is 1. The van der Waals surface area contributed by atoms with Crippen molar-refractivity contribution in [3.05, 3.63) is 38.3 Å². The lowest BCUT2D eigenvalue weighted by atomic mass is 10.0. The summed E-state index contributed by atoms with van der Waals surface area (Å²) in [6.07, 6.45) is 2.14. The third kappa shape index (κ3) is 2.20. The first-order valence-electron chi connectivity index (χ1n) is 6.42. The van der Waals surface area contributed by atoms with Crippen molar-refractivity contribution < 1.29 is 4.92 Å². The van der Waals surface area contributed by atoms with Gasteiger partial charge in [-0.25, -0.2) is 15.8 Å². The number of nitrogens with zero attached hydrogens (tertiary/aromatic N) is 4. The number of anilines is 2. The zero-order chi connectivity index (χ0) is 15.0. The first kappa shape index (κ1) is 13.7. The van der Waals surface area contributed by atoms with Crippen molar-refractivity contribution in [1.29, 1.82) is 0 Å². The van der Waals surface area contributed by atoms with Gasteiger partial charge in [-0.3, -0.25) is 10.1 Å². The number of hydrogen-bond donors (Lipinski definition) is 2. The summed E-state index contributed by atoms with van der Waals surface area (Å²) in [4.78, 5) is 22.0. The van der Waals surface area contributed by atoms with Crippen LogP contribution in [0.4, 0.5) is 17.3 Å². The molecule has 2 aromatic heterocycles. The SMILES string of the molecule is CC1c2ccsc2CCN1c1ncnc(NN)c1[N+](=O)[O-]. The van der Waals surface area contributed by atoms with E-state index in [0.29, 0.717) is 12.4 Å². The Morgan fingerprint density at radius 2 is 2.38 bits per heavy atom. The smallest absolute Gasteiger partial charge is 0.344 e. The van der Waals surface area contributed by atoms with E-state index in [1.54, 1.807) is 11.3 Å². The van der Waals surface area contributed by atoms with E-state index in [1.807, 2.05) is 17.2 Å². The molecule has 1 unspecified atom stereocenters. The summed E-state index contributed by atoms with van der Waals surface area (Å²) >= 11 is 1.72. The summed E-state index contributed by atoms with van der Waals surface area (Å²) in [5.74, 6) is 5.64. The molecule has 0 aromatic carbocycles. The van der Waals surface area contributed by atoms with Gasteiger partial charge in [0.1, 0.15) is 6.33 Å². The van der Waals surface area contributed by atoms with E-state index in [2.05, 4.69) is 21.5 Å². The third-order valence-corrected chi connectivity index (χ3v) is 4.67. The van der Waals surface area contributed by atoms with E-state index in [0.717, 1.165) is 6.42 Å². The van der Waals surface area contributed by atoms with Gasteiger partial charge in [-0.15, -0.1) is 11.3 Å². The van der Waals surface area contributed by atoms with E-state index < -0.39 is 4.92 Å². The van der Waals surface area contributed by atoms with Crippen LogP contribution in [-0.2, 0) is 6.42 Å². The maximum absolute atomic E-state index is 11.4. The van der Waals surface area contributed by atoms with Crippen LogP contribution in [-0.4, -0.2) is 21.4 Å². The van der Waals surface area contributed by atoms with Crippen molar-refractivity contribution in [3.63, 3.8) is 0 Å². The summed E-state index contributed by atoms with van der Waals surface area (Å²) in [6, 6.07) is 2.09. The Morgan fingerprint density at radius 1 is 1.57 bits per heavy atom. The molecule has 0 spiro atoms. The average molecular weight is 306 g/mol. The highest BCUT2D eigenvalue weighted by molar-refractivity contribution is 7.10. The fourth-order valence-electron chi connectivity index (χ4n) is 2.65. The number of nitro groups is 1. The van der Waals surface area contributed by atoms with Crippen LogP contribution in [0.3, 0.4) is 0 Å². The second-order valence-corrected chi connectivity index (χ2v) is 5.72. The van der Waals surface area contributed by atoms with Crippen molar-refractivity contribution in [2.75, 3.05) is 16.9 Å². The number of aromatic nitrogens is 2. The highest BCUT2D eigenvalue weighted by atomic mass is 32.1. The van der Waals surface area contributed by atoms with Gasteiger partial charge in [-0.05, 0) is 30.4 Å². The van der Waals surface area contributed by atoms with Gasteiger partial charge in [0, 0.05) is 11.4 Å². The Balaban J connectivity index is 2.08. The Bertz CT molecular complexity index is 688. The summed E-state index contributed by atoms with van der Waals surface area (Å²) in [5.41, 5.74) is 3.27. The second kappa shape index (κ2) is 5.26. The van der Waals surface area contributed by atoms with E-state index in [-0.39, 0.29) is 17.5 Å². The molecule has 1 atom stereocenters. The van der Waals surface area contributed by atoms with Crippen LogP contribution in [0.5, 0.6) is 0 Å². The molecule has 0 saturated heterocycles. The van der Waals surface area contributed by atoms with Crippen molar-refractivity contribution in [2.45, 2.75) is 19.4 Å². The molecule has 0 bridgehead atoms. The maximum Gasteiger partial charge on any atom is 0.354 e. The summed E-state index contributed by atoms with van der Waals surface area (Å²) < 4.78 is 0. The monoisotopic (exact) mass is 306 g/mol. The van der Waals surface area contributed by atoms with Gasteiger partial charge < -0.3 is 10.3 Å². The number of hydrazine groups is 1. The molecule has 1 aliphatic heterocycles. The molecule has 1 aliphatic rings. The van der Waals surface area contributed by atoms with Gasteiger partial charge in [-0.1, -0.05) is 0 Å². The van der Waals surface area contributed by atoms with Crippen LogP contribution in [0.15, 0.2) is 17.8 Å². The molecule has 110 valence electrons. The largest absolute Gasteiger partial charge is 0.354 e. The van der Waals surface area contributed by atoms with Crippen LogP contribution in [0.2, 0.25) is 0 Å². The number of rotatable bonds is 3. The summed E-state index contributed by atoms with van der Waals surface area (Å²) in [7, 11) is 0. The zero-order valence-corrected chi connectivity index (χ0v) is 12.1. The molecule has 21 heavy (non-hydrogen) atoms. The van der Waals surface area contributed by atoms with Crippen molar-refractivity contribution in [3.8, 4) is 0 Å². The first-order chi connectivity index (χ1) is 10.1. The molecule has 0 saturated carbocycles. The minimum Gasteiger partial charge on any atom is -0.344 e. The van der Waals surface area contributed by atoms with Gasteiger partial charge in [0.25, 0.3) is 0 Å². The highest BCUT2D eigenvalue weighted by Gasteiger charge is 2.33. The molecule has 3 heterocycles. The Morgan fingerprint density at radius 3 is 3.10 bits per heavy atom. The first-order valence-corrected chi connectivity index (χ1v) is 7.30. The quantitative estimate of drug-likeness (QED) is 0.506. The molecule has 0 fully saturated rings. The Labute approximate surface area is 124 Å². The standard InChI is InChI=1S/C12H14N6O2S/c1-7-8-3-5-21-9(8)2-4-17(7)12-10(18(19)20)11(16-13)14-6-15-12/h3,5-7H,2,4,13H2,1H3,(H,14,15,16). The number of fused-ring (bicyclic) bond motifs is 1. The number of hydrogen-bond acceptors (Lipinski definition) is 8. The number of nitrogens with two attached hydrogens (primary N) is 1.